The number of hydrogen-bond donors (Lipinski definition) is 1. The van der Waals surface area contributed by atoms with Crippen molar-refractivity contribution < 1.29 is 4.74 Å². The molecule has 1 N–H and O–H groups in total. The molecule has 0 saturated carbocycles. The van der Waals surface area contributed by atoms with Crippen LogP contribution in [-0.4, -0.2) is 32.8 Å². The summed E-state index contributed by atoms with van der Waals surface area (Å²) in [5.74, 6) is 1.66. The quantitative estimate of drug-likeness (QED) is 0.837. The lowest BCUT2D eigenvalue weighted by atomic mass is 10.1. The molecule has 2 rings (SSSR count). The van der Waals surface area contributed by atoms with Gasteiger partial charge in [-0.1, -0.05) is 6.07 Å². The maximum absolute atomic E-state index is 5.90. The van der Waals surface area contributed by atoms with Crippen molar-refractivity contribution in [2.75, 3.05) is 37.7 Å². The van der Waals surface area contributed by atoms with Crippen molar-refractivity contribution in [1.82, 2.24) is 5.32 Å². The van der Waals surface area contributed by atoms with Crippen LogP contribution in [0.3, 0.4) is 0 Å². The van der Waals surface area contributed by atoms with Crippen molar-refractivity contribution in [1.29, 1.82) is 0 Å². The van der Waals surface area contributed by atoms with Crippen LogP contribution in [-0.2, 0) is 0 Å². The molecule has 1 aromatic rings. The second kappa shape index (κ2) is 6.64. The number of anilines is 1. The summed E-state index contributed by atoms with van der Waals surface area (Å²) in [6.45, 7) is 9.49. The molecule has 0 bridgehead atoms. The molecule has 0 amide bonds. The average Bonchev–Trinajstić information content (AvgIpc) is 2.92. The number of nitrogens with one attached hydrogen (secondary N) is 1. The molecule has 100 valence electrons. The molecule has 1 fully saturated rings. The number of benzene rings is 1. The first-order valence-electron chi connectivity index (χ1n) is 7.02. The first kappa shape index (κ1) is 13.2. The van der Waals surface area contributed by atoms with E-state index in [1.807, 2.05) is 0 Å². The summed E-state index contributed by atoms with van der Waals surface area (Å²) in [5, 5.41) is 3.37. The Hall–Kier alpha value is -1.22. The fourth-order valence-electron chi connectivity index (χ4n) is 2.43. The monoisotopic (exact) mass is 248 g/mol. The lowest BCUT2D eigenvalue weighted by molar-refractivity contribution is 0.260. The summed E-state index contributed by atoms with van der Waals surface area (Å²) in [6.07, 6.45) is 1.23. The third-order valence-electron chi connectivity index (χ3n) is 3.59. The molecule has 3 heteroatoms. The maximum Gasteiger partial charge on any atom is 0.121 e. The first-order chi connectivity index (χ1) is 8.83. The van der Waals surface area contributed by atoms with Crippen molar-refractivity contribution >= 4 is 5.69 Å². The third kappa shape index (κ3) is 3.39. The Kier molecular flexibility index (Phi) is 4.88. The molecule has 0 aliphatic carbocycles. The SMILES string of the molecule is CCN(CC)c1cccc(OC[C@H]2CCNC2)c1. The van der Waals surface area contributed by atoms with Gasteiger partial charge in [-0.15, -0.1) is 0 Å². The van der Waals surface area contributed by atoms with E-state index >= 15 is 0 Å². The van der Waals surface area contributed by atoms with Crippen molar-refractivity contribution in [2.24, 2.45) is 5.92 Å². The van der Waals surface area contributed by atoms with Crippen LogP contribution in [0.5, 0.6) is 5.75 Å². The highest BCUT2D eigenvalue weighted by Gasteiger charge is 2.15. The molecular formula is C15H24N2O. The minimum atomic E-state index is 0.669. The highest BCUT2D eigenvalue weighted by atomic mass is 16.5. The summed E-state index contributed by atoms with van der Waals surface area (Å²) in [5.41, 5.74) is 1.25. The van der Waals surface area contributed by atoms with Crippen LogP contribution in [0.2, 0.25) is 0 Å². The minimum absolute atomic E-state index is 0.669. The zero-order chi connectivity index (χ0) is 12.8. The van der Waals surface area contributed by atoms with E-state index in [0.29, 0.717) is 5.92 Å². The van der Waals surface area contributed by atoms with E-state index in [1.54, 1.807) is 0 Å². The highest BCUT2D eigenvalue weighted by Crippen LogP contribution is 2.22. The molecule has 1 atom stereocenters. The minimum Gasteiger partial charge on any atom is -0.493 e. The van der Waals surface area contributed by atoms with Crippen LogP contribution < -0.4 is 15.0 Å². The zero-order valence-electron chi connectivity index (χ0n) is 11.5. The molecule has 18 heavy (non-hydrogen) atoms. The second-order valence-corrected chi connectivity index (χ2v) is 4.84. The molecule has 1 aliphatic rings. The van der Waals surface area contributed by atoms with Crippen molar-refractivity contribution in [3.05, 3.63) is 24.3 Å². The highest BCUT2D eigenvalue weighted by molar-refractivity contribution is 5.50. The molecule has 0 spiro atoms. The van der Waals surface area contributed by atoms with E-state index in [0.717, 1.165) is 38.5 Å². The second-order valence-electron chi connectivity index (χ2n) is 4.84. The van der Waals surface area contributed by atoms with E-state index in [2.05, 4.69) is 48.3 Å². The third-order valence-corrected chi connectivity index (χ3v) is 3.59. The topological polar surface area (TPSA) is 24.5 Å². The van der Waals surface area contributed by atoms with E-state index in [4.69, 9.17) is 4.74 Å². The van der Waals surface area contributed by atoms with Crippen LogP contribution in [0.15, 0.2) is 24.3 Å². The Morgan fingerprint density at radius 2 is 2.17 bits per heavy atom. The summed E-state index contributed by atoms with van der Waals surface area (Å²) in [7, 11) is 0. The average molecular weight is 248 g/mol. The molecule has 1 aromatic carbocycles. The van der Waals surface area contributed by atoms with Gasteiger partial charge in [-0.05, 0) is 38.9 Å². The Morgan fingerprint density at radius 1 is 1.33 bits per heavy atom. The van der Waals surface area contributed by atoms with E-state index in [-0.39, 0.29) is 0 Å². The van der Waals surface area contributed by atoms with Crippen LogP contribution >= 0.6 is 0 Å². The molecule has 0 unspecified atom stereocenters. The fourth-order valence-corrected chi connectivity index (χ4v) is 2.43. The van der Waals surface area contributed by atoms with Crippen LogP contribution in [0, 0.1) is 5.92 Å². The lowest BCUT2D eigenvalue weighted by Gasteiger charge is -2.21. The largest absolute Gasteiger partial charge is 0.493 e. The van der Waals surface area contributed by atoms with E-state index < -0.39 is 0 Å². The van der Waals surface area contributed by atoms with Gasteiger partial charge in [0.1, 0.15) is 5.75 Å². The molecule has 3 nitrogen and oxygen atoms in total. The Balaban J connectivity index is 1.93. The molecule has 1 saturated heterocycles. The number of rotatable bonds is 6. The number of nitrogens with zero attached hydrogens (tertiary/aromatic N) is 1. The van der Waals surface area contributed by atoms with Gasteiger partial charge in [0.25, 0.3) is 0 Å². The molecule has 1 heterocycles. The number of hydrogen-bond acceptors (Lipinski definition) is 3. The first-order valence-corrected chi connectivity index (χ1v) is 7.02. The van der Waals surface area contributed by atoms with Crippen molar-refractivity contribution in [3.8, 4) is 5.75 Å². The molecular weight excluding hydrogens is 224 g/mol. The van der Waals surface area contributed by atoms with Gasteiger partial charge in [-0.3, -0.25) is 0 Å². The summed E-state index contributed by atoms with van der Waals surface area (Å²) < 4.78 is 5.90. The van der Waals surface area contributed by atoms with Gasteiger partial charge < -0.3 is 15.0 Å². The Morgan fingerprint density at radius 3 is 2.83 bits per heavy atom. The number of ether oxygens (including phenoxy) is 1. The van der Waals surface area contributed by atoms with E-state index in [1.165, 1.54) is 12.1 Å². The normalized spacial score (nSPS) is 18.9. The summed E-state index contributed by atoms with van der Waals surface area (Å²) in [6, 6.07) is 8.43. The van der Waals surface area contributed by atoms with Gasteiger partial charge >= 0.3 is 0 Å². The van der Waals surface area contributed by atoms with Crippen LogP contribution in [0.1, 0.15) is 20.3 Å². The summed E-state index contributed by atoms with van der Waals surface area (Å²) in [4.78, 5) is 2.34. The predicted molar refractivity (Wildman–Crippen MR) is 76.5 cm³/mol. The van der Waals surface area contributed by atoms with Crippen molar-refractivity contribution in [2.45, 2.75) is 20.3 Å². The zero-order valence-corrected chi connectivity index (χ0v) is 11.5. The van der Waals surface area contributed by atoms with Gasteiger partial charge in [0, 0.05) is 37.3 Å². The predicted octanol–water partition coefficient (Wildman–Crippen LogP) is 2.52. The molecule has 1 aliphatic heterocycles. The standard InChI is InChI=1S/C15H24N2O/c1-3-17(4-2)14-6-5-7-15(10-14)18-12-13-8-9-16-11-13/h5-7,10,13,16H,3-4,8-9,11-12H2,1-2H3/t13-/m0/s1. The van der Waals surface area contributed by atoms with Crippen LogP contribution in [0.4, 0.5) is 5.69 Å². The maximum atomic E-state index is 5.90. The molecule has 0 radical (unpaired) electrons. The van der Waals surface area contributed by atoms with E-state index in [9.17, 15) is 0 Å². The van der Waals surface area contributed by atoms with Gasteiger partial charge in [0.2, 0.25) is 0 Å². The van der Waals surface area contributed by atoms with Gasteiger partial charge in [0.15, 0.2) is 0 Å². The Labute approximate surface area is 110 Å². The molecule has 0 aromatic heterocycles. The van der Waals surface area contributed by atoms with Gasteiger partial charge in [0.05, 0.1) is 6.61 Å². The summed E-state index contributed by atoms with van der Waals surface area (Å²) >= 11 is 0. The van der Waals surface area contributed by atoms with Gasteiger partial charge in [-0.2, -0.15) is 0 Å². The fraction of sp³-hybridized carbons (Fsp3) is 0.600. The smallest absolute Gasteiger partial charge is 0.121 e. The van der Waals surface area contributed by atoms with Crippen LogP contribution in [0.25, 0.3) is 0 Å². The Bertz CT molecular complexity index is 357. The van der Waals surface area contributed by atoms with Gasteiger partial charge in [-0.25, -0.2) is 0 Å². The van der Waals surface area contributed by atoms with Crippen molar-refractivity contribution in [3.63, 3.8) is 0 Å². The lowest BCUT2D eigenvalue weighted by Crippen LogP contribution is -2.21.